The van der Waals surface area contributed by atoms with Crippen LogP contribution in [0.25, 0.3) is 0 Å². The Labute approximate surface area is 80.0 Å². The standard InChI is InChI=1S/C11H19NO/c1-2-9-4-10(9)3-8(1)7-13-11-5-12-6-11/h8-12H,1-7H2. The smallest absolute Gasteiger partial charge is 0.0823 e. The van der Waals surface area contributed by atoms with Gasteiger partial charge in [-0.1, -0.05) is 0 Å². The molecule has 74 valence electrons. The van der Waals surface area contributed by atoms with Crippen molar-refractivity contribution in [2.45, 2.75) is 31.8 Å². The summed E-state index contributed by atoms with van der Waals surface area (Å²) in [6.07, 6.45) is 6.45. The maximum atomic E-state index is 5.82. The lowest BCUT2D eigenvalue weighted by atomic mass is 9.90. The van der Waals surface area contributed by atoms with Crippen molar-refractivity contribution in [1.82, 2.24) is 5.32 Å². The molecule has 0 bridgehead atoms. The first-order valence-corrected chi connectivity index (χ1v) is 5.74. The number of rotatable bonds is 3. The van der Waals surface area contributed by atoms with E-state index in [0.29, 0.717) is 6.10 Å². The Hall–Kier alpha value is -0.0800. The van der Waals surface area contributed by atoms with Crippen LogP contribution < -0.4 is 5.32 Å². The molecule has 13 heavy (non-hydrogen) atoms. The molecule has 1 saturated heterocycles. The number of hydrogen-bond donors (Lipinski definition) is 1. The molecule has 3 atom stereocenters. The molecule has 2 saturated carbocycles. The van der Waals surface area contributed by atoms with E-state index < -0.39 is 0 Å². The van der Waals surface area contributed by atoms with E-state index in [1.807, 2.05) is 0 Å². The molecule has 1 aliphatic heterocycles. The van der Waals surface area contributed by atoms with Crippen LogP contribution in [0.15, 0.2) is 0 Å². The Morgan fingerprint density at radius 3 is 2.69 bits per heavy atom. The van der Waals surface area contributed by atoms with Gasteiger partial charge in [0, 0.05) is 19.7 Å². The first-order chi connectivity index (χ1) is 6.42. The fourth-order valence-corrected chi connectivity index (χ4v) is 2.75. The lowest BCUT2D eigenvalue weighted by molar-refractivity contribution is -0.00760. The fourth-order valence-electron chi connectivity index (χ4n) is 2.75. The summed E-state index contributed by atoms with van der Waals surface area (Å²) >= 11 is 0. The van der Waals surface area contributed by atoms with Crippen LogP contribution in [0.1, 0.15) is 25.7 Å². The highest BCUT2D eigenvalue weighted by Gasteiger charge is 2.42. The second kappa shape index (κ2) is 3.25. The molecule has 3 unspecified atom stereocenters. The van der Waals surface area contributed by atoms with Gasteiger partial charge in [-0.25, -0.2) is 0 Å². The number of fused-ring (bicyclic) bond motifs is 1. The molecule has 0 aromatic carbocycles. The van der Waals surface area contributed by atoms with E-state index in [4.69, 9.17) is 4.74 Å². The molecular formula is C11H19NO. The van der Waals surface area contributed by atoms with Crippen LogP contribution in [0.4, 0.5) is 0 Å². The van der Waals surface area contributed by atoms with Crippen molar-refractivity contribution in [3.63, 3.8) is 0 Å². The van der Waals surface area contributed by atoms with Crippen LogP contribution in [-0.2, 0) is 4.74 Å². The summed E-state index contributed by atoms with van der Waals surface area (Å²) in [5, 5.41) is 3.24. The quantitative estimate of drug-likeness (QED) is 0.711. The van der Waals surface area contributed by atoms with E-state index in [1.54, 1.807) is 0 Å². The molecule has 0 amide bonds. The third kappa shape index (κ3) is 1.75. The molecule has 3 rings (SSSR count). The Bertz CT molecular complexity index is 191. The summed E-state index contributed by atoms with van der Waals surface area (Å²) in [7, 11) is 0. The van der Waals surface area contributed by atoms with Gasteiger partial charge >= 0.3 is 0 Å². The van der Waals surface area contributed by atoms with Crippen molar-refractivity contribution in [3.05, 3.63) is 0 Å². The van der Waals surface area contributed by atoms with E-state index in [-0.39, 0.29) is 0 Å². The summed E-state index contributed by atoms with van der Waals surface area (Å²) in [5.41, 5.74) is 0. The fraction of sp³-hybridized carbons (Fsp3) is 1.00. The van der Waals surface area contributed by atoms with Gasteiger partial charge in [0.1, 0.15) is 0 Å². The number of ether oxygens (including phenoxy) is 1. The third-order valence-electron chi connectivity index (χ3n) is 3.96. The van der Waals surface area contributed by atoms with Crippen molar-refractivity contribution in [3.8, 4) is 0 Å². The van der Waals surface area contributed by atoms with Crippen molar-refractivity contribution in [2.24, 2.45) is 17.8 Å². The normalized spacial score (nSPS) is 43.8. The first-order valence-electron chi connectivity index (χ1n) is 5.74. The average Bonchev–Trinajstić information content (AvgIpc) is 2.79. The van der Waals surface area contributed by atoms with E-state index in [0.717, 1.165) is 37.5 Å². The zero-order chi connectivity index (χ0) is 8.67. The Morgan fingerprint density at radius 2 is 2.00 bits per heavy atom. The first kappa shape index (κ1) is 8.25. The minimum absolute atomic E-state index is 0.539. The monoisotopic (exact) mass is 181 g/mol. The molecule has 1 heterocycles. The molecule has 0 radical (unpaired) electrons. The summed E-state index contributed by atoms with van der Waals surface area (Å²) in [6.45, 7) is 3.20. The molecule has 1 N–H and O–H groups in total. The molecule has 3 aliphatic rings. The zero-order valence-electron chi connectivity index (χ0n) is 8.17. The molecule has 2 aliphatic carbocycles. The predicted molar refractivity (Wildman–Crippen MR) is 51.5 cm³/mol. The van der Waals surface area contributed by atoms with Gasteiger partial charge < -0.3 is 10.1 Å². The van der Waals surface area contributed by atoms with E-state index in [1.165, 1.54) is 25.7 Å². The molecule has 0 aromatic heterocycles. The van der Waals surface area contributed by atoms with Gasteiger partial charge in [-0.3, -0.25) is 0 Å². The second-order valence-corrected chi connectivity index (χ2v) is 5.05. The second-order valence-electron chi connectivity index (χ2n) is 5.05. The zero-order valence-corrected chi connectivity index (χ0v) is 8.17. The van der Waals surface area contributed by atoms with Crippen LogP contribution >= 0.6 is 0 Å². The van der Waals surface area contributed by atoms with Gasteiger partial charge in [0.2, 0.25) is 0 Å². The van der Waals surface area contributed by atoms with Gasteiger partial charge in [-0.2, -0.15) is 0 Å². The van der Waals surface area contributed by atoms with Gasteiger partial charge in [-0.15, -0.1) is 0 Å². The Kier molecular flexibility index (Phi) is 2.06. The number of hydrogen-bond acceptors (Lipinski definition) is 2. The van der Waals surface area contributed by atoms with E-state index in [2.05, 4.69) is 5.32 Å². The summed E-state index contributed by atoms with van der Waals surface area (Å²) in [4.78, 5) is 0. The highest BCUT2D eigenvalue weighted by atomic mass is 16.5. The average molecular weight is 181 g/mol. The highest BCUT2D eigenvalue weighted by Crippen LogP contribution is 2.51. The van der Waals surface area contributed by atoms with Crippen LogP contribution in [-0.4, -0.2) is 25.8 Å². The maximum Gasteiger partial charge on any atom is 0.0823 e. The maximum absolute atomic E-state index is 5.82. The number of nitrogens with one attached hydrogen (secondary N) is 1. The van der Waals surface area contributed by atoms with Crippen molar-refractivity contribution < 1.29 is 4.74 Å². The molecule has 2 heteroatoms. The molecule has 3 fully saturated rings. The highest BCUT2D eigenvalue weighted by molar-refractivity contribution is 4.92. The van der Waals surface area contributed by atoms with Gasteiger partial charge in [0.05, 0.1) is 6.10 Å². The third-order valence-corrected chi connectivity index (χ3v) is 3.96. The van der Waals surface area contributed by atoms with Gasteiger partial charge in [0.15, 0.2) is 0 Å². The summed E-state index contributed by atoms with van der Waals surface area (Å²) < 4.78 is 5.82. The van der Waals surface area contributed by atoms with E-state index >= 15 is 0 Å². The van der Waals surface area contributed by atoms with Crippen LogP contribution in [0.3, 0.4) is 0 Å². The lowest BCUT2D eigenvalue weighted by Gasteiger charge is -2.30. The van der Waals surface area contributed by atoms with Crippen LogP contribution in [0.5, 0.6) is 0 Å². The van der Waals surface area contributed by atoms with Gasteiger partial charge in [0.25, 0.3) is 0 Å². The molecule has 2 nitrogen and oxygen atoms in total. The van der Waals surface area contributed by atoms with Crippen LogP contribution in [0.2, 0.25) is 0 Å². The lowest BCUT2D eigenvalue weighted by Crippen LogP contribution is -2.49. The largest absolute Gasteiger partial charge is 0.375 e. The molecule has 0 spiro atoms. The Balaban J connectivity index is 1.39. The molecular weight excluding hydrogens is 162 g/mol. The van der Waals surface area contributed by atoms with Crippen molar-refractivity contribution in [1.29, 1.82) is 0 Å². The van der Waals surface area contributed by atoms with Crippen molar-refractivity contribution in [2.75, 3.05) is 19.7 Å². The van der Waals surface area contributed by atoms with Crippen LogP contribution in [0, 0.1) is 17.8 Å². The summed E-state index contributed by atoms with van der Waals surface area (Å²) in [5.74, 6) is 3.12. The van der Waals surface area contributed by atoms with E-state index in [9.17, 15) is 0 Å². The minimum atomic E-state index is 0.539. The predicted octanol–water partition coefficient (Wildman–Crippen LogP) is 1.41. The summed E-state index contributed by atoms with van der Waals surface area (Å²) in [6, 6.07) is 0. The Morgan fingerprint density at radius 1 is 1.08 bits per heavy atom. The minimum Gasteiger partial charge on any atom is -0.375 e. The molecule has 0 aromatic rings. The SMILES string of the molecule is C1CC2CC2CC1COC1CNC1. The van der Waals surface area contributed by atoms with Crippen molar-refractivity contribution >= 4 is 0 Å². The van der Waals surface area contributed by atoms with Gasteiger partial charge in [-0.05, 0) is 43.4 Å². The topological polar surface area (TPSA) is 21.3 Å².